The Bertz CT molecular complexity index is 980. The minimum Gasteiger partial charge on any atom is -0.425 e. The van der Waals surface area contributed by atoms with Gasteiger partial charge in [0.15, 0.2) is 0 Å². The third kappa shape index (κ3) is 6.47. The SMILES string of the molecule is CCCCC1CCC(C(=O)Oc2ccc(C#Cc3ccc(CC)cc3)cc2C#N)CC1. The Balaban J connectivity index is 1.62. The molecule has 0 N–H and O–H groups in total. The van der Waals surface area contributed by atoms with Crippen LogP contribution >= 0.6 is 0 Å². The second-order valence-electron chi connectivity index (χ2n) is 8.40. The molecule has 31 heavy (non-hydrogen) atoms. The van der Waals surface area contributed by atoms with Gasteiger partial charge < -0.3 is 4.74 Å². The average Bonchev–Trinajstić information content (AvgIpc) is 2.82. The van der Waals surface area contributed by atoms with E-state index in [0.29, 0.717) is 11.3 Å². The van der Waals surface area contributed by atoms with Crippen LogP contribution in [-0.2, 0) is 11.2 Å². The van der Waals surface area contributed by atoms with Gasteiger partial charge in [-0.05, 0) is 73.9 Å². The van der Waals surface area contributed by atoms with E-state index in [9.17, 15) is 10.1 Å². The van der Waals surface area contributed by atoms with Gasteiger partial charge in [0.25, 0.3) is 0 Å². The van der Waals surface area contributed by atoms with Crippen LogP contribution in [0.25, 0.3) is 0 Å². The molecule has 3 nitrogen and oxygen atoms in total. The fourth-order valence-electron chi connectivity index (χ4n) is 4.12. The van der Waals surface area contributed by atoms with Crippen molar-refractivity contribution in [2.75, 3.05) is 0 Å². The molecule has 0 aliphatic heterocycles. The first-order chi connectivity index (χ1) is 15.1. The summed E-state index contributed by atoms with van der Waals surface area (Å²) in [6.45, 7) is 4.34. The monoisotopic (exact) mass is 413 g/mol. The van der Waals surface area contributed by atoms with Crippen LogP contribution in [0.15, 0.2) is 42.5 Å². The number of aryl methyl sites for hydroxylation is 1. The van der Waals surface area contributed by atoms with Gasteiger partial charge in [0, 0.05) is 11.1 Å². The first kappa shape index (κ1) is 22.6. The van der Waals surface area contributed by atoms with Crippen LogP contribution in [0.5, 0.6) is 5.75 Å². The minimum atomic E-state index is -0.208. The van der Waals surface area contributed by atoms with Crippen LogP contribution in [0.1, 0.15) is 81.0 Å². The highest BCUT2D eigenvalue weighted by Crippen LogP contribution is 2.33. The molecule has 1 saturated carbocycles. The molecule has 0 amide bonds. The lowest BCUT2D eigenvalue weighted by Gasteiger charge is -2.27. The van der Waals surface area contributed by atoms with Crippen molar-refractivity contribution in [3.63, 3.8) is 0 Å². The van der Waals surface area contributed by atoms with E-state index < -0.39 is 0 Å². The van der Waals surface area contributed by atoms with E-state index in [0.717, 1.165) is 49.1 Å². The van der Waals surface area contributed by atoms with Crippen LogP contribution in [0.2, 0.25) is 0 Å². The summed E-state index contributed by atoms with van der Waals surface area (Å²) in [5.41, 5.74) is 3.28. The average molecular weight is 414 g/mol. The van der Waals surface area contributed by atoms with Crippen LogP contribution in [-0.4, -0.2) is 5.97 Å². The number of nitriles is 1. The number of esters is 1. The summed E-state index contributed by atoms with van der Waals surface area (Å²) in [4.78, 5) is 12.6. The molecule has 0 saturated heterocycles. The number of benzene rings is 2. The van der Waals surface area contributed by atoms with Crippen molar-refractivity contribution < 1.29 is 9.53 Å². The van der Waals surface area contributed by atoms with Gasteiger partial charge in [0.05, 0.1) is 11.5 Å². The second kappa shape index (κ2) is 11.4. The van der Waals surface area contributed by atoms with Gasteiger partial charge in [-0.15, -0.1) is 0 Å². The van der Waals surface area contributed by atoms with Gasteiger partial charge >= 0.3 is 5.97 Å². The van der Waals surface area contributed by atoms with Gasteiger partial charge in [-0.25, -0.2) is 0 Å². The number of carbonyl (C=O) groups excluding carboxylic acids is 1. The number of carbonyl (C=O) groups is 1. The van der Waals surface area contributed by atoms with Crippen LogP contribution in [0.4, 0.5) is 0 Å². The first-order valence-electron chi connectivity index (χ1n) is 11.5. The van der Waals surface area contributed by atoms with Crippen molar-refractivity contribution in [1.82, 2.24) is 0 Å². The highest BCUT2D eigenvalue weighted by Gasteiger charge is 2.28. The Morgan fingerprint density at radius 2 is 1.68 bits per heavy atom. The summed E-state index contributed by atoms with van der Waals surface area (Å²) in [7, 11) is 0. The lowest BCUT2D eigenvalue weighted by atomic mass is 9.80. The van der Waals surface area contributed by atoms with Crippen LogP contribution in [0, 0.1) is 35.0 Å². The fourth-order valence-corrected chi connectivity index (χ4v) is 4.12. The molecule has 2 aromatic rings. The highest BCUT2D eigenvalue weighted by molar-refractivity contribution is 5.76. The maximum absolute atomic E-state index is 12.6. The molecule has 0 bridgehead atoms. The molecule has 0 spiro atoms. The number of unbranched alkanes of at least 4 members (excludes halogenated alkanes) is 1. The number of hydrogen-bond acceptors (Lipinski definition) is 3. The standard InChI is InChI=1S/C28H31NO2/c1-3-5-6-22-13-16-25(17-14-22)28(30)31-27-18-15-24(19-26(27)20-29)12-11-23-9-7-21(4-2)8-10-23/h7-10,15,18-19,22,25H,3-6,13-14,16-17H2,1-2H3. The quantitative estimate of drug-likeness (QED) is 0.312. The predicted molar refractivity (Wildman–Crippen MR) is 124 cm³/mol. The lowest BCUT2D eigenvalue weighted by Crippen LogP contribution is -2.26. The molecular weight excluding hydrogens is 382 g/mol. The van der Waals surface area contributed by atoms with E-state index in [1.165, 1.54) is 24.8 Å². The molecule has 0 atom stereocenters. The predicted octanol–water partition coefficient (Wildman–Crippen LogP) is 6.42. The van der Waals surface area contributed by atoms with Crippen molar-refractivity contribution in [2.45, 2.75) is 65.2 Å². The molecule has 160 valence electrons. The van der Waals surface area contributed by atoms with Gasteiger partial charge in [-0.2, -0.15) is 5.26 Å². The van der Waals surface area contributed by atoms with Gasteiger partial charge in [-0.1, -0.05) is 57.1 Å². The summed E-state index contributed by atoms with van der Waals surface area (Å²) in [5, 5.41) is 9.54. The Morgan fingerprint density at radius 3 is 2.32 bits per heavy atom. The molecule has 1 aliphatic rings. The van der Waals surface area contributed by atoms with E-state index in [1.54, 1.807) is 18.2 Å². The second-order valence-corrected chi connectivity index (χ2v) is 8.40. The molecule has 2 aromatic carbocycles. The van der Waals surface area contributed by atoms with Crippen molar-refractivity contribution >= 4 is 5.97 Å². The van der Waals surface area contributed by atoms with E-state index >= 15 is 0 Å². The molecular formula is C28H31NO2. The molecule has 0 unspecified atom stereocenters. The molecule has 0 heterocycles. The normalized spacial score (nSPS) is 17.8. The molecule has 0 aromatic heterocycles. The Labute approximate surface area is 186 Å². The molecule has 1 aliphatic carbocycles. The molecule has 3 rings (SSSR count). The Kier molecular flexibility index (Phi) is 8.31. The minimum absolute atomic E-state index is 0.0602. The largest absolute Gasteiger partial charge is 0.425 e. The Hall–Kier alpha value is -3.04. The third-order valence-corrected chi connectivity index (χ3v) is 6.17. The van der Waals surface area contributed by atoms with Gasteiger partial charge in [0.1, 0.15) is 11.8 Å². The smallest absolute Gasteiger partial charge is 0.314 e. The highest BCUT2D eigenvalue weighted by atomic mass is 16.5. The summed E-state index contributed by atoms with van der Waals surface area (Å²) < 4.78 is 5.63. The van der Waals surface area contributed by atoms with Gasteiger partial charge in [-0.3, -0.25) is 4.79 Å². The zero-order chi connectivity index (χ0) is 22.1. The number of rotatable bonds is 6. The maximum atomic E-state index is 12.6. The zero-order valence-corrected chi connectivity index (χ0v) is 18.6. The van der Waals surface area contributed by atoms with Crippen molar-refractivity contribution in [1.29, 1.82) is 5.26 Å². The maximum Gasteiger partial charge on any atom is 0.314 e. The number of hydrogen-bond donors (Lipinski definition) is 0. The summed E-state index contributed by atoms with van der Waals surface area (Å²) >= 11 is 0. The zero-order valence-electron chi connectivity index (χ0n) is 18.6. The number of ether oxygens (including phenoxy) is 1. The van der Waals surface area contributed by atoms with Crippen LogP contribution < -0.4 is 4.74 Å². The van der Waals surface area contributed by atoms with Crippen molar-refractivity contribution in [3.8, 4) is 23.7 Å². The van der Waals surface area contributed by atoms with E-state index in [1.807, 2.05) is 12.1 Å². The Morgan fingerprint density at radius 1 is 1.00 bits per heavy atom. The summed E-state index contributed by atoms with van der Waals surface area (Å²) in [5.74, 6) is 7.03. The van der Waals surface area contributed by atoms with Crippen molar-refractivity contribution in [2.24, 2.45) is 11.8 Å². The van der Waals surface area contributed by atoms with Crippen LogP contribution in [0.3, 0.4) is 0 Å². The first-order valence-corrected chi connectivity index (χ1v) is 11.5. The summed E-state index contributed by atoms with van der Waals surface area (Å²) in [6.07, 6.45) is 8.72. The number of nitrogens with zero attached hydrogens (tertiary/aromatic N) is 1. The lowest BCUT2D eigenvalue weighted by molar-refractivity contribution is -0.140. The third-order valence-electron chi connectivity index (χ3n) is 6.17. The summed E-state index contributed by atoms with van der Waals surface area (Å²) in [6, 6.07) is 15.5. The molecule has 0 radical (unpaired) electrons. The van der Waals surface area contributed by atoms with E-state index in [4.69, 9.17) is 4.74 Å². The van der Waals surface area contributed by atoms with E-state index in [-0.39, 0.29) is 11.9 Å². The fraction of sp³-hybridized carbons (Fsp3) is 0.429. The van der Waals surface area contributed by atoms with E-state index in [2.05, 4.69) is 43.9 Å². The van der Waals surface area contributed by atoms with Crippen molar-refractivity contribution in [3.05, 3.63) is 64.7 Å². The molecule has 3 heteroatoms. The topological polar surface area (TPSA) is 50.1 Å². The molecule has 1 fully saturated rings. The van der Waals surface area contributed by atoms with Gasteiger partial charge in [0.2, 0.25) is 0 Å².